The summed E-state index contributed by atoms with van der Waals surface area (Å²) >= 11 is 1.29. The maximum Gasteiger partial charge on any atom is 0.230 e. The van der Waals surface area contributed by atoms with E-state index in [1.807, 2.05) is 34.9 Å². The van der Waals surface area contributed by atoms with Crippen LogP contribution in [0.15, 0.2) is 84.0 Å². The topological polar surface area (TPSA) is 59.8 Å². The van der Waals surface area contributed by atoms with Gasteiger partial charge in [0.15, 0.2) is 11.0 Å². The first-order valence-electron chi connectivity index (χ1n) is 11.0. The van der Waals surface area contributed by atoms with Crippen LogP contribution >= 0.6 is 11.8 Å². The number of nitrogens with one attached hydrogen (secondary N) is 1. The number of benzene rings is 3. The number of para-hydroxylation sites is 1. The van der Waals surface area contributed by atoms with Crippen molar-refractivity contribution in [3.63, 3.8) is 0 Å². The van der Waals surface area contributed by atoms with Gasteiger partial charge in [-0.2, -0.15) is 0 Å². The number of hydrogen-bond acceptors (Lipinski definition) is 4. The van der Waals surface area contributed by atoms with Crippen molar-refractivity contribution in [2.45, 2.75) is 23.4 Å². The Labute approximate surface area is 200 Å². The molecule has 8 heteroatoms. The molecular formula is C26H22F2N4OS. The summed E-state index contributed by atoms with van der Waals surface area (Å²) in [6.07, 6.45) is 1.94. The lowest BCUT2D eigenvalue weighted by atomic mass is 9.96. The molecule has 0 saturated heterocycles. The highest BCUT2D eigenvalue weighted by molar-refractivity contribution is 7.99. The number of thioether (sulfide) groups is 1. The Balaban J connectivity index is 1.29. The molecule has 172 valence electrons. The zero-order valence-corrected chi connectivity index (χ0v) is 19.1. The van der Waals surface area contributed by atoms with Crippen LogP contribution in [0, 0.1) is 11.6 Å². The third-order valence-corrected chi connectivity index (χ3v) is 6.95. The molecule has 0 aliphatic heterocycles. The van der Waals surface area contributed by atoms with E-state index >= 15 is 0 Å². The van der Waals surface area contributed by atoms with Crippen molar-refractivity contribution in [3.05, 3.63) is 96.1 Å². The van der Waals surface area contributed by atoms with Gasteiger partial charge in [-0.1, -0.05) is 42.1 Å². The highest BCUT2D eigenvalue weighted by Gasteiger charge is 2.44. The summed E-state index contributed by atoms with van der Waals surface area (Å²) in [5.41, 5.74) is 2.52. The van der Waals surface area contributed by atoms with Crippen LogP contribution in [-0.2, 0) is 10.2 Å². The number of carbonyl (C=O) groups is 1. The van der Waals surface area contributed by atoms with E-state index in [0.29, 0.717) is 17.5 Å². The van der Waals surface area contributed by atoms with Crippen LogP contribution in [0.2, 0.25) is 0 Å². The number of nitrogens with zero attached hydrogens (tertiary/aromatic N) is 3. The first kappa shape index (κ1) is 22.3. The van der Waals surface area contributed by atoms with E-state index < -0.39 is 0 Å². The zero-order chi connectivity index (χ0) is 23.5. The third kappa shape index (κ3) is 4.72. The number of amides is 1. The second-order valence-corrected chi connectivity index (χ2v) is 9.28. The van der Waals surface area contributed by atoms with E-state index in [0.717, 1.165) is 29.7 Å². The Kier molecular flexibility index (Phi) is 6.15. The first-order valence-corrected chi connectivity index (χ1v) is 11.9. The fraction of sp³-hybridized carbons (Fsp3) is 0.192. The fourth-order valence-corrected chi connectivity index (χ4v) is 4.71. The lowest BCUT2D eigenvalue weighted by molar-refractivity contribution is -0.118. The monoisotopic (exact) mass is 476 g/mol. The average molecular weight is 477 g/mol. The molecule has 1 amide bonds. The van der Waals surface area contributed by atoms with Gasteiger partial charge in [-0.15, -0.1) is 10.2 Å². The zero-order valence-electron chi connectivity index (χ0n) is 18.2. The van der Waals surface area contributed by atoms with Crippen molar-refractivity contribution in [1.82, 2.24) is 20.1 Å². The molecule has 0 radical (unpaired) electrons. The molecular weight excluding hydrogens is 454 g/mol. The van der Waals surface area contributed by atoms with Crippen molar-refractivity contribution in [3.8, 4) is 17.1 Å². The van der Waals surface area contributed by atoms with Crippen LogP contribution in [0.5, 0.6) is 0 Å². The second kappa shape index (κ2) is 9.38. The summed E-state index contributed by atoms with van der Waals surface area (Å²) in [4.78, 5) is 12.6. The predicted octanol–water partition coefficient (Wildman–Crippen LogP) is 5.15. The molecule has 0 spiro atoms. The molecule has 3 aromatic carbocycles. The van der Waals surface area contributed by atoms with Crippen molar-refractivity contribution in [2.24, 2.45) is 0 Å². The van der Waals surface area contributed by atoms with Crippen LogP contribution in [0.25, 0.3) is 17.1 Å². The maximum absolute atomic E-state index is 13.4. The van der Waals surface area contributed by atoms with E-state index in [1.165, 1.54) is 36.0 Å². The van der Waals surface area contributed by atoms with Crippen molar-refractivity contribution >= 4 is 17.7 Å². The fourth-order valence-electron chi connectivity index (χ4n) is 3.93. The summed E-state index contributed by atoms with van der Waals surface area (Å²) in [5.74, 6) is 0.0533. The lowest BCUT2D eigenvalue weighted by Gasteiger charge is -2.16. The lowest BCUT2D eigenvalue weighted by Crippen LogP contribution is -2.33. The number of aromatic nitrogens is 3. The van der Waals surface area contributed by atoms with Gasteiger partial charge in [0, 0.05) is 23.2 Å². The Morgan fingerprint density at radius 3 is 2.21 bits per heavy atom. The molecule has 5 rings (SSSR count). The first-order chi connectivity index (χ1) is 16.5. The molecule has 0 bridgehead atoms. The molecule has 5 nitrogen and oxygen atoms in total. The molecule has 1 N–H and O–H groups in total. The van der Waals surface area contributed by atoms with E-state index in [2.05, 4.69) is 15.5 Å². The van der Waals surface area contributed by atoms with Crippen LogP contribution in [0.3, 0.4) is 0 Å². The molecule has 34 heavy (non-hydrogen) atoms. The molecule has 0 atom stereocenters. The Hall–Kier alpha value is -3.52. The van der Waals surface area contributed by atoms with Crippen molar-refractivity contribution in [2.75, 3.05) is 12.3 Å². The summed E-state index contributed by atoms with van der Waals surface area (Å²) in [6.45, 7) is 0.518. The van der Waals surface area contributed by atoms with Gasteiger partial charge in [0.2, 0.25) is 5.91 Å². The van der Waals surface area contributed by atoms with Crippen molar-refractivity contribution in [1.29, 1.82) is 0 Å². The Bertz CT molecular complexity index is 1290. The minimum absolute atomic E-state index is 0.103. The standard InChI is InChI=1S/C26H22F2N4OS/c27-20-10-6-18(7-11-20)24-30-31-25(32(24)22-4-2-1-3-5-22)34-16-23(33)29-17-26(14-15-26)19-8-12-21(28)13-9-19/h1-13H,14-17H2,(H,29,33). The second-order valence-electron chi connectivity index (χ2n) is 8.34. The molecule has 1 aromatic heterocycles. The van der Waals surface area contributed by atoms with Gasteiger partial charge in [0.05, 0.1) is 5.75 Å². The van der Waals surface area contributed by atoms with E-state index in [4.69, 9.17) is 0 Å². The van der Waals surface area contributed by atoms with Gasteiger partial charge in [0.1, 0.15) is 11.6 Å². The normalized spacial score (nSPS) is 14.1. The number of hydrogen-bond donors (Lipinski definition) is 1. The average Bonchev–Trinajstić information content (AvgIpc) is 3.54. The Morgan fingerprint density at radius 2 is 1.56 bits per heavy atom. The van der Waals surface area contributed by atoms with Crippen LogP contribution in [-0.4, -0.2) is 33.0 Å². The maximum atomic E-state index is 13.4. The minimum atomic E-state index is -0.324. The van der Waals surface area contributed by atoms with E-state index in [9.17, 15) is 13.6 Å². The molecule has 1 saturated carbocycles. The van der Waals surface area contributed by atoms with Gasteiger partial charge < -0.3 is 5.32 Å². The van der Waals surface area contributed by atoms with E-state index in [-0.39, 0.29) is 28.7 Å². The van der Waals surface area contributed by atoms with Crippen molar-refractivity contribution < 1.29 is 13.6 Å². The van der Waals surface area contributed by atoms with Crippen LogP contribution < -0.4 is 5.32 Å². The smallest absolute Gasteiger partial charge is 0.230 e. The Morgan fingerprint density at radius 1 is 0.912 bits per heavy atom. The highest BCUT2D eigenvalue weighted by atomic mass is 32.2. The molecule has 1 fully saturated rings. The van der Waals surface area contributed by atoms with Crippen LogP contribution in [0.1, 0.15) is 18.4 Å². The molecule has 1 aliphatic rings. The van der Waals surface area contributed by atoms with Gasteiger partial charge in [-0.25, -0.2) is 8.78 Å². The summed E-state index contributed by atoms with van der Waals surface area (Å²) in [6, 6.07) is 22.2. The SMILES string of the molecule is O=C(CSc1nnc(-c2ccc(F)cc2)n1-c1ccccc1)NCC1(c2ccc(F)cc2)CC1. The quantitative estimate of drug-likeness (QED) is 0.357. The predicted molar refractivity (Wildman–Crippen MR) is 128 cm³/mol. The molecule has 1 heterocycles. The molecule has 4 aromatic rings. The molecule has 0 unspecified atom stereocenters. The van der Waals surface area contributed by atoms with Gasteiger partial charge in [-0.3, -0.25) is 9.36 Å². The van der Waals surface area contributed by atoms with Gasteiger partial charge >= 0.3 is 0 Å². The number of rotatable bonds is 8. The van der Waals surface area contributed by atoms with Gasteiger partial charge in [-0.05, 0) is 66.9 Å². The van der Waals surface area contributed by atoms with Crippen LogP contribution in [0.4, 0.5) is 8.78 Å². The third-order valence-electron chi connectivity index (χ3n) is 6.02. The van der Waals surface area contributed by atoms with E-state index in [1.54, 1.807) is 24.3 Å². The van der Waals surface area contributed by atoms with Gasteiger partial charge in [0.25, 0.3) is 0 Å². The summed E-state index contributed by atoms with van der Waals surface area (Å²) in [7, 11) is 0. The molecule has 1 aliphatic carbocycles. The largest absolute Gasteiger partial charge is 0.354 e. The summed E-state index contributed by atoms with van der Waals surface area (Å²) < 4.78 is 28.5. The highest BCUT2D eigenvalue weighted by Crippen LogP contribution is 2.47. The number of carbonyl (C=O) groups excluding carboxylic acids is 1. The number of halogens is 2. The summed E-state index contributed by atoms with van der Waals surface area (Å²) in [5, 5.41) is 12.2. The minimum Gasteiger partial charge on any atom is -0.354 e.